The third kappa shape index (κ3) is 5.26. The number of nitrogens with zero attached hydrogens (tertiary/aromatic N) is 4. The average molecular weight is 469 g/mol. The topological polar surface area (TPSA) is 95.7 Å². The van der Waals surface area contributed by atoms with Gasteiger partial charge in [-0.2, -0.15) is 4.31 Å². The molecular weight excluding hydrogens is 440 g/mol. The van der Waals surface area contributed by atoms with Crippen LogP contribution in [0.5, 0.6) is 0 Å². The highest BCUT2D eigenvalue weighted by Gasteiger charge is 2.30. The van der Waals surface area contributed by atoms with Crippen LogP contribution in [0.3, 0.4) is 0 Å². The van der Waals surface area contributed by atoms with E-state index in [9.17, 15) is 18.3 Å². The number of imidazole rings is 1. The third-order valence-corrected chi connectivity index (χ3v) is 7.69. The second kappa shape index (κ2) is 9.76. The van der Waals surface area contributed by atoms with Crippen molar-refractivity contribution in [3.05, 3.63) is 78.2 Å². The first-order valence-corrected chi connectivity index (χ1v) is 12.4. The van der Waals surface area contributed by atoms with Gasteiger partial charge in [0.25, 0.3) is 10.0 Å². The fourth-order valence-electron chi connectivity index (χ4n) is 4.18. The van der Waals surface area contributed by atoms with Gasteiger partial charge >= 0.3 is 5.97 Å². The third-order valence-electron chi connectivity index (χ3n) is 6.01. The Balaban J connectivity index is 1.64. The van der Waals surface area contributed by atoms with E-state index in [1.807, 2.05) is 54.6 Å². The number of benzene rings is 2. The molecule has 8 nitrogen and oxygen atoms in total. The van der Waals surface area contributed by atoms with Gasteiger partial charge in [0.1, 0.15) is 0 Å². The Morgan fingerprint density at radius 2 is 1.73 bits per heavy atom. The Morgan fingerprint density at radius 1 is 1.06 bits per heavy atom. The molecule has 0 radical (unpaired) electrons. The number of aliphatic carboxylic acids is 1. The van der Waals surface area contributed by atoms with E-state index < -0.39 is 16.0 Å². The molecule has 1 aromatic heterocycles. The van der Waals surface area contributed by atoms with Gasteiger partial charge in [0, 0.05) is 45.1 Å². The first kappa shape index (κ1) is 23.0. The summed E-state index contributed by atoms with van der Waals surface area (Å²) in [5.74, 6) is -1.08. The molecule has 4 rings (SSSR count). The number of aryl methyl sites for hydroxylation is 1. The fraction of sp³-hybridized carbons (Fsp3) is 0.333. The van der Waals surface area contributed by atoms with E-state index in [1.165, 1.54) is 16.8 Å². The normalized spacial score (nSPS) is 15.2. The summed E-state index contributed by atoms with van der Waals surface area (Å²) in [7, 11) is -2.10. The minimum Gasteiger partial charge on any atom is -0.481 e. The number of para-hydroxylation sites is 1. The van der Waals surface area contributed by atoms with Crippen LogP contribution >= 0.6 is 0 Å². The van der Waals surface area contributed by atoms with Gasteiger partial charge in [0.05, 0.1) is 12.2 Å². The lowest BCUT2D eigenvalue weighted by Crippen LogP contribution is -2.37. The van der Waals surface area contributed by atoms with Crippen LogP contribution in [0.15, 0.2) is 72.1 Å². The molecule has 0 atom stereocenters. The minimum absolute atomic E-state index is 0.0145. The standard InChI is InChI=1S/C24H28N4O4S/c1-26-17-23(25-18-26)33(31,32)28(15-19-7-3-2-4-8-19)16-21-9-5-6-10-22(21)27-13-11-20(12-14-27)24(29)30/h2-10,17-18,20H,11-16H2,1H3,(H,29,30). The molecule has 3 aromatic rings. The molecule has 1 aliphatic rings. The SMILES string of the molecule is Cn1cnc(S(=O)(=O)N(Cc2ccccc2)Cc2ccccc2N2CCC(C(=O)O)CC2)c1. The number of carboxylic acid groups (broad SMARTS) is 1. The smallest absolute Gasteiger partial charge is 0.306 e. The number of hydrogen-bond acceptors (Lipinski definition) is 5. The van der Waals surface area contributed by atoms with E-state index in [0.717, 1.165) is 16.8 Å². The van der Waals surface area contributed by atoms with Crippen LogP contribution in [-0.2, 0) is 35.0 Å². The largest absolute Gasteiger partial charge is 0.481 e. The Kier molecular flexibility index (Phi) is 6.80. The lowest BCUT2D eigenvalue weighted by molar-refractivity contribution is -0.142. The molecule has 1 fully saturated rings. The molecular formula is C24H28N4O4S. The summed E-state index contributed by atoms with van der Waals surface area (Å²) < 4.78 is 30.1. The van der Waals surface area contributed by atoms with Crippen molar-refractivity contribution in [2.75, 3.05) is 18.0 Å². The van der Waals surface area contributed by atoms with Crippen LogP contribution < -0.4 is 4.90 Å². The number of rotatable bonds is 8. The molecule has 2 heterocycles. The van der Waals surface area contributed by atoms with Crippen molar-refractivity contribution in [1.82, 2.24) is 13.9 Å². The fourth-order valence-corrected chi connectivity index (χ4v) is 5.55. The quantitative estimate of drug-likeness (QED) is 0.546. The number of aromatic nitrogens is 2. The number of hydrogen-bond donors (Lipinski definition) is 1. The number of carboxylic acids is 1. The lowest BCUT2D eigenvalue weighted by atomic mass is 9.96. The van der Waals surface area contributed by atoms with E-state index in [1.54, 1.807) is 11.6 Å². The van der Waals surface area contributed by atoms with Crippen molar-refractivity contribution >= 4 is 21.7 Å². The summed E-state index contributed by atoms with van der Waals surface area (Å²) in [6.07, 6.45) is 4.14. The Labute approximate surface area is 194 Å². The van der Waals surface area contributed by atoms with Crippen LogP contribution in [0.1, 0.15) is 24.0 Å². The zero-order valence-electron chi connectivity index (χ0n) is 18.5. The predicted octanol–water partition coefficient (Wildman–Crippen LogP) is 3.11. The van der Waals surface area contributed by atoms with Gasteiger partial charge in [-0.25, -0.2) is 13.4 Å². The molecule has 174 valence electrons. The van der Waals surface area contributed by atoms with E-state index >= 15 is 0 Å². The van der Waals surface area contributed by atoms with Crippen molar-refractivity contribution in [3.63, 3.8) is 0 Å². The number of piperidine rings is 1. The second-order valence-corrected chi connectivity index (χ2v) is 10.2. The molecule has 1 aliphatic heterocycles. The summed E-state index contributed by atoms with van der Waals surface area (Å²) in [4.78, 5) is 17.6. The first-order chi connectivity index (χ1) is 15.8. The Bertz CT molecular complexity index is 1200. The van der Waals surface area contributed by atoms with Gasteiger partial charge < -0.3 is 14.6 Å². The van der Waals surface area contributed by atoms with Crippen molar-refractivity contribution in [2.24, 2.45) is 13.0 Å². The van der Waals surface area contributed by atoms with E-state index in [-0.39, 0.29) is 24.0 Å². The molecule has 2 aromatic carbocycles. The molecule has 1 saturated heterocycles. The zero-order valence-corrected chi connectivity index (χ0v) is 19.4. The van der Waals surface area contributed by atoms with Crippen molar-refractivity contribution < 1.29 is 18.3 Å². The van der Waals surface area contributed by atoms with Crippen LogP contribution in [0.25, 0.3) is 0 Å². The maximum Gasteiger partial charge on any atom is 0.306 e. The van der Waals surface area contributed by atoms with Crippen molar-refractivity contribution in [1.29, 1.82) is 0 Å². The van der Waals surface area contributed by atoms with Crippen LogP contribution in [0.4, 0.5) is 5.69 Å². The van der Waals surface area contributed by atoms with Gasteiger partial charge in [-0.15, -0.1) is 0 Å². The van der Waals surface area contributed by atoms with Gasteiger partial charge in [-0.1, -0.05) is 48.5 Å². The van der Waals surface area contributed by atoms with Gasteiger partial charge in [-0.05, 0) is 30.0 Å². The zero-order chi connectivity index (χ0) is 23.4. The van der Waals surface area contributed by atoms with Gasteiger partial charge in [0.2, 0.25) is 0 Å². The second-order valence-electron chi connectivity index (χ2n) is 8.36. The highest BCUT2D eigenvalue weighted by molar-refractivity contribution is 7.89. The van der Waals surface area contributed by atoms with Gasteiger partial charge in [0.15, 0.2) is 5.03 Å². The van der Waals surface area contributed by atoms with Crippen LogP contribution in [-0.4, -0.2) is 46.4 Å². The molecule has 1 N–H and O–H groups in total. The molecule has 0 spiro atoms. The number of sulfonamides is 1. The summed E-state index contributed by atoms with van der Waals surface area (Å²) in [6.45, 7) is 1.65. The summed E-state index contributed by atoms with van der Waals surface area (Å²) in [6, 6.07) is 17.2. The van der Waals surface area contributed by atoms with Crippen molar-refractivity contribution in [3.8, 4) is 0 Å². The van der Waals surface area contributed by atoms with E-state index in [2.05, 4.69) is 9.88 Å². The van der Waals surface area contributed by atoms with Gasteiger partial charge in [-0.3, -0.25) is 4.79 Å². The molecule has 0 unspecified atom stereocenters. The predicted molar refractivity (Wildman–Crippen MR) is 125 cm³/mol. The minimum atomic E-state index is -3.84. The molecule has 9 heteroatoms. The summed E-state index contributed by atoms with van der Waals surface area (Å²) in [5.41, 5.74) is 2.70. The summed E-state index contributed by atoms with van der Waals surface area (Å²) >= 11 is 0. The van der Waals surface area contributed by atoms with E-state index in [4.69, 9.17) is 0 Å². The van der Waals surface area contributed by atoms with Crippen LogP contribution in [0, 0.1) is 5.92 Å². The van der Waals surface area contributed by atoms with Crippen LogP contribution in [0.2, 0.25) is 0 Å². The highest BCUT2D eigenvalue weighted by Crippen LogP contribution is 2.29. The Hall–Kier alpha value is -3.17. The highest BCUT2D eigenvalue weighted by atomic mass is 32.2. The Morgan fingerprint density at radius 3 is 2.36 bits per heavy atom. The number of anilines is 1. The number of carbonyl (C=O) groups is 1. The van der Waals surface area contributed by atoms with Crippen molar-refractivity contribution in [2.45, 2.75) is 31.0 Å². The monoisotopic (exact) mass is 468 g/mol. The molecule has 33 heavy (non-hydrogen) atoms. The molecule has 0 amide bonds. The average Bonchev–Trinajstić information content (AvgIpc) is 3.27. The molecule has 0 aliphatic carbocycles. The van der Waals surface area contributed by atoms with E-state index in [0.29, 0.717) is 25.9 Å². The first-order valence-electron chi connectivity index (χ1n) is 10.9. The maximum atomic E-state index is 13.5. The summed E-state index contributed by atoms with van der Waals surface area (Å²) in [5, 5.41) is 9.32. The lowest BCUT2D eigenvalue weighted by Gasteiger charge is -2.34. The molecule has 0 saturated carbocycles. The maximum absolute atomic E-state index is 13.5. The molecule has 0 bridgehead atoms.